The van der Waals surface area contributed by atoms with Crippen LogP contribution in [0.4, 0.5) is 0 Å². The van der Waals surface area contributed by atoms with E-state index >= 15 is 0 Å². The van der Waals surface area contributed by atoms with E-state index in [4.69, 9.17) is 11.6 Å². The summed E-state index contributed by atoms with van der Waals surface area (Å²) in [5.74, 6) is -0.657. The van der Waals surface area contributed by atoms with Crippen LogP contribution in [-0.4, -0.2) is 21.8 Å². The highest BCUT2D eigenvalue weighted by atomic mass is 35.5. The Balaban J connectivity index is 1.61. The summed E-state index contributed by atoms with van der Waals surface area (Å²) in [6, 6.07) is 14.2. The van der Waals surface area contributed by atoms with E-state index in [0.29, 0.717) is 22.7 Å². The molecule has 0 radical (unpaired) electrons. The van der Waals surface area contributed by atoms with Gasteiger partial charge in [0.05, 0.1) is 23.4 Å². The lowest BCUT2D eigenvalue weighted by Gasteiger charge is -2.08. The molecule has 7 heteroatoms. The smallest absolute Gasteiger partial charge is 0.253 e. The highest BCUT2D eigenvalue weighted by molar-refractivity contribution is 6.31. The Bertz CT molecular complexity index is 947. The van der Waals surface area contributed by atoms with Crippen LogP contribution in [0.3, 0.4) is 0 Å². The first-order chi connectivity index (χ1) is 13.1. The number of benzene rings is 1. The Morgan fingerprint density at radius 1 is 0.889 bits per heavy atom. The summed E-state index contributed by atoms with van der Waals surface area (Å²) >= 11 is 6.08. The van der Waals surface area contributed by atoms with Crippen molar-refractivity contribution in [3.05, 3.63) is 94.5 Å². The van der Waals surface area contributed by atoms with Crippen LogP contribution in [0.25, 0.3) is 0 Å². The topological polar surface area (TPSA) is 84.0 Å². The zero-order valence-corrected chi connectivity index (χ0v) is 15.1. The van der Waals surface area contributed by atoms with Gasteiger partial charge in [-0.2, -0.15) is 0 Å². The molecule has 0 aliphatic carbocycles. The second kappa shape index (κ2) is 8.91. The molecule has 2 heterocycles. The van der Waals surface area contributed by atoms with Gasteiger partial charge in [0.25, 0.3) is 11.8 Å². The summed E-state index contributed by atoms with van der Waals surface area (Å²) in [6.45, 7) is 0.581. The predicted molar refractivity (Wildman–Crippen MR) is 102 cm³/mol. The molecule has 2 N–H and O–H groups in total. The SMILES string of the molecule is O=C(NCc1ccccn1)c1cncc(C(=O)NCc2ccccc2Cl)c1. The van der Waals surface area contributed by atoms with Crippen molar-refractivity contribution in [2.75, 3.05) is 0 Å². The zero-order chi connectivity index (χ0) is 19.1. The van der Waals surface area contributed by atoms with Crippen LogP contribution in [0.2, 0.25) is 5.02 Å². The van der Waals surface area contributed by atoms with Crippen LogP contribution < -0.4 is 10.6 Å². The molecule has 27 heavy (non-hydrogen) atoms. The fraction of sp³-hybridized carbons (Fsp3) is 0.100. The summed E-state index contributed by atoms with van der Waals surface area (Å²) < 4.78 is 0. The summed E-state index contributed by atoms with van der Waals surface area (Å²) in [6.07, 6.45) is 4.49. The highest BCUT2D eigenvalue weighted by Crippen LogP contribution is 2.14. The van der Waals surface area contributed by atoms with Gasteiger partial charge in [-0.05, 0) is 29.8 Å². The largest absolute Gasteiger partial charge is 0.348 e. The minimum absolute atomic E-state index is 0.286. The summed E-state index contributed by atoms with van der Waals surface area (Å²) in [5, 5.41) is 6.11. The van der Waals surface area contributed by atoms with Gasteiger partial charge in [-0.25, -0.2) is 0 Å². The molecule has 2 amide bonds. The fourth-order valence-corrected chi connectivity index (χ4v) is 2.59. The van der Waals surface area contributed by atoms with Gasteiger partial charge in [-0.15, -0.1) is 0 Å². The average Bonchev–Trinajstić information content (AvgIpc) is 2.72. The highest BCUT2D eigenvalue weighted by Gasteiger charge is 2.12. The number of rotatable bonds is 6. The van der Waals surface area contributed by atoms with E-state index in [0.717, 1.165) is 11.3 Å². The second-order valence-corrected chi connectivity index (χ2v) is 6.15. The maximum absolute atomic E-state index is 12.3. The molecule has 0 unspecified atom stereocenters. The van der Waals surface area contributed by atoms with Crippen molar-refractivity contribution in [3.63, 3.8) is 0 Å². The minimum atomic E-state index is -0.332. The van der Waals surface area contributed by atoms with E-state index in [1.54, 1.807) is 18.3 Å². The third-order valence-electron chi connectivity index (χ3n) is 3.82. The number of hydrogen-bond donors (Lipinski definition) is 2. The zero-order valence-electron chi connectivity index (χ0n) is 14.4. The van der Waals surface area contributed by atoms with Gasteiger partial charge in [0, 0.05) is 30.2 Å². The number of carbonyl (C=O) groups is 2. The number of carbonyl (C=O) groups excluding carboxylic acids is 2. The Morgan fingerprint density at radius 3 is 2.22 bits per heavy atom. The first kappa shape index (κ1) is 18.5. The van der Waals surface area contributed by atoms with Gasteiger partial charge < -0.3 is 10.6 Å². The molecular weight excluding hydrogens is 364 g/mol. The van der Waals surface area contributed by atoms with E-state index < -0.39 is 0 Å². The lowest BCUT2D eigenvalue weighted by Crippen LogP contribution is -2.26. The molecule has 3 rings (SSSR count). The summed E-state index contributed by atoms with van der Waals surface area (Å²) in [7, 11) is 0. The summed E-state index contributed by atoms with van der Waals surface area (Å²) in [4.78, 5) is 32.8. The number of halogens is 1. The number of amides is 2. The van der Waals surface area contributed by atoms with Gasteiger partial charge in [0.1, 0.15) is 0 Å². The van der Waals surface area contributed by atoms with Gasteiger partial charge in [-0.1, -0.05) is 35.9 Å². The number of nitrogens with zero attached hydrogens (tertiary/aromatic N) is 2. The third kappa shape index (κ3) is 5.12. The van der Waals surface area contributed by atoms with Crippen LogP contribution in [0.15, 0.2) is 67.1 Å². The first-order valence-corrected chi connectivity index (χ1v) is 8.66. The standard InChI is InChI=1S/C20H17ClN4O2/c21-18-7-2-1-5-14(18)12-24-19(26)15-9-16(11-22-10-15)20(27)25-13-17-6-3-4-8-23-17/h1-11H,12-13H2,(H,24,26)(H,25,27). The van der Waals surface area contributed by atoms with Gasteiger partial charge in [0.2, 0.25) is 0 Å². The Hall–Kier alpha value is -3.25. The molecule has 0 saturated heterocycles. The number of hydrogen-bond acceptors (Lipinski definition) is 4. The molecule has 0 spiro atoms. The lowest BCUT2D eigenvalue weighted by molar-refractivity contribution is 0.0950. The van der Waals surface area contributed by atoms with Gasteiger partial charge in [-0.3, -0.25) is 19.6 Å². The van der Waals surface area contributed by atoms with E-state index in [9.17, 15) is 9.59 Å². The average molecular weight is 381 g/mol. The first-order valence-electron chi connectivity index (χ1n) is 8.28. The second-order valence-electron chi connectivity index (χ2n) is 5.74. The maximum Gasteiger partial charge on any atom is 0.253 e. The van der Waals surface area contributed by atoms with E-state index in [1.165, 1.54) is 18.5 Å². The van der Waals surface area contributed by atoms with Crippen molar-refractivity contribution in [2.24, 2.45) is 0 Å². The number of pyridine rings is 2. The maximum atomic E-state index is 12.3. The number of nitrogens with one attached hydrogen (secondary N) is 2. The van der Waals surface area contributed by atoms with Crippen molar-refractivity contribution in [1.82, 2.24) is 20.6 Å². The monoisotopic (exact) mass is 380 g/mol. The summed E-state index contributed by atoms with van der Waals surface area (Å²) in [5.41, 5.74) is 2.15. The predicted octanol–water partition coefficient (Wildman–Crippen LogP) is 2.99. The molecule has 2 aromatic heterocycles. The molecule has 0 atom stereocenters. The van der Waals surface area contributed by atoms with Crippen molar-refractivity contribution in [1.29, 1.82) is 0 Å². The van der Waals surface area contributed by atoms with E-state index in [1.807, 2.05) is 30.3 Å². The minimum Gasteiger partial charge on any atom is -0.348 e. The fourth-order valence-electron chi connectivity index (χ4n) is 2.38. The molecule has 1 aromatic carbocycles. The Labute approximate surface area is 161 Å². The van der Waals surface area contributed by atoms with Crippen molar-refractivity contribution in [2.45, 2.75) is 13.1 Å². The molecule has 0 aliphatic heterocycles. The van der Waals surface area contributed by atoms with Crippen molar-refractivity contribution < 1.29 is 9.59 Å². The van der Waals surface area contributed by atoms with Crippen LogP contribution >= 0.6 is 11.6 Å². The lowest BCUT2D eigenvalue weighted by atomic mass is 10.1. The third-order valence-corrected chi connectivity index (χ3v) is 4.18. The van der Waals surface area contributed by atoms with Gasteiger partial charge >= 0.3 is 0 Å². The van der Waals surface area contributed by atoms with Crippen LogP contribution in [0, 0.1) is 0 Å². The normalized spacial score (nSPS) is 10.3. The molecule has 0 bridgehead atoms. The Morgan fingerprint density at radius 2 is 1.56 bits per heavy atom. The molecule has 0 saturated carbocycles. The van der Waals surface area contributed by atoms with E-state index in [-0.39, 0.29) is 18.4 Å². The van der Waals surface area contributed by atoms with Crippen molar-refractivity contribution in [3.8, 4) is 0 Å². The quantitative estimate of drug-likeness (QED) is 0.688. The van der Waals surface area contributed by atoms with Crippen LogP contribution in [0.1, 0.15) is 32.0 Å². The molecular formula is C20H17ClN4O2. The van der Waals surface area contributed by atoms with Crippen LogP contribution in [0.5, 0.6) is 0 Å². The molecule has 0 fully saturated rings. The molecule has 0 aliphatic rings. The van der Waals surface area contributed by atoms with E-state index in [2.05, 4.69) is 20.6 Å². The molecule has 6 nitrogen and oxygen atoms in total. The van der Waals surface area contributed by atoms with Gasteiger partial charge in [0.15, 0.2) is 0 Å². The molecule has 136 valence electrons. The van der Waals surface area contributed by atoms with Crippen molar-refractivity contribution >= 4 is 23.4 Å². The number of aromatic nitrogens is 2. The van der Waals surface area contributed by atoms with Crippen LogP contribution in [-0.2, 0) is 13.1 Å². The molecule has 3 aromatic rings. The Kier molecular flexibility index (Phi) is 6.12.